The molecule has 134 valence electrons. The zero-order valence-electron chi connectivity index (χ0n) is 15.8. The van der Waals surface area contributed by atoms with Gasteiger partial charge in [0.25, 0.3) is 0 Å². The molecule has 0 aliphatic carbocycles. The van der Waals surface area contributed by atoms with Crippen LogP contribution in [0, 0.1) is 12.8 Å². The van der Waals surface area contributed by atoms with Gasteiger partial charge in [-0.2, -0.15) is 0 Å². The van der Waals surface area contributed by atoms with Gasteiger partial charge in [-0.05, 0) is 62.8 Å². The normalized spacial score (nSPS) is 14.1. The van der Waals surface area contributed by atoms with Crippen LogP contribution < -0.4 is 11.5 Å². The van der Waals surface area contributed by atoms with Crippen LogP contribution in [0.2, 0.25) is 0 Å². The minimum absolute atomic E-state index is 0.247. The molecule has 2 aromatic rings. The highest BCUT2D eigenvalue weighted by molar-refractivity contribution is 5.97. The number of allylic oxidation sites excluding steroid dienone is 2. The summed E-state index contributed by atoms with van der Waals surface area (Å²) >= 11 is 0. The number of nitrogens with zero attached hydrogens (tertiary/aromatic N) is 1. The second-order valence-corrected chi connectivity index (χ2v) is 6.84. The van der Waals surface area contributed by atoms with Crippen molar-refractivity contribution in [1.82, 2.24) is 4.98 Å². The third-order valence-electron chi connectivity index (χ3n) is 4.48. The van der Waals surface area contributed by atoms with Gasteiger partial charge >= 0.3 is 0 Å². The lowest BCUT2D eigenvalue weighted by Gasteiger charge is -2.13. The van der Waals surface area contributed by atoms with Crippen molar-refractivity contribution in [3.63, 3.8) is 0 Å². The Bertz CT molecular complexity index is 820. The summed E-state index contributed by atoms with van der Waals surface area (Å²) in [5.74, 6) is 0.561. The third-order valence-corrected chi connectivity index (χ3v) is 4.48. The number of hydrogen-bond donors (Lipinski definition) is 3. The molecule has 25 heavy (non-hydrogen) atoms. The average molecular weight is 338 g/mol. The first kappa shape index (κ1) is 18.8. The second-order valence-electron chi connectivity index (χ2n) is 6.84. The third kappa shape index (κ3) is 4.75. The number of rotatable bonds is 7. The Morgan fingerprint density at radius 2 is 2.08 bits per heavy atom. The summed E-state index contributed by atoms with van der Waals surface area (Å²) in [4.78, 5) is 7.96. The van der Waals surface area contributed by atoms with Gasteiger partial charge in [0.05, 0.1) is 0 Å². The Kier molecular flexibility index (Phi) is 6.07. The van der Waals surface area contributed by atoms with E-state index in [1.807, 2.05) is 13.0 Å². The van der Waals surface area contributed by atoms with Gasteiger partial charge in [0.15, 0.2) is 0 Å². The summed E-state index contributed by atoms with van der Waals surface area (Å²) in [6.07, 6.45) is 4.84. The smallest absolute Gasteiger partial charge is 0.116 e. The molecule has 0 bridgehead atoms. The van der Waals surface area contributed by atoms with Crippen molar-refractivity contribution in [2.45, 2.75) is 47.0 Å². The zero-order valence-corrected chi connectivity index (χ0v) is 15.8. The molecule has 4 nitrogen and oxygen atoms in total. The van der Waals surface area contributed by atoms with Crippen LogP contribution in [0.3, 0.4) is 0 Å². The van der Waals surface area contributed by atoms with E-state index in [9.17, 15) is 0 Å². The van der Waals surface area contributed by atoms with Crippen LogP contribution in [0.5, 0.6) is 0 Å². The Labute approximate surface area is 150 Å². The molecule has 1 aromatic carbocycles. The Hall–Kier alpha value is -2.49. The van der Waals surface area contributed by atoms with Crippen molar-refractivity contribution in [3.05, 3.63) is 59.2 Å². The first-order chi connectivity index (χ1) is 11.8. The molecule has 1 atom stereocenters. The van der Waals surface area contributed by atoms with Crippen molar-refractivity contribution >= 4 is 16.6 Å². The van der Waals surface area contributed by atoms with Crippen LogP contribution >= 0.6 is 0 Å². The number of fused-ring (bicyclic) bond motifs is 1. The standard InChI is InChI=1S/C21H30N4/c1-6-17-18-11-13(2)7-9-20(18)25-19(17)10-8-14(3)21(12-15(4)22)24-16(5)23/h7,9,11-12,14,25H,5-6,8,10,22-23H2,1-4H3/b15-12+,24-21?. The minimum Gasteiger partial charge on any atom is -0.402 e. The minimum atomic E-state index is 0.247. The molecule has 1 aromatic heterocycles. The van der Waals surface area contributed by atoms with Gasteiger partial charge in [-0.1, -0.05) is 32.1 Å². The van der Waals surface area contributed by atoms with Crippen LogP contribution in [-0.2, 0) is 12.8 Å². The predicted octanol–water partition coefficient (Wildman–Crippen LogP) is 4.34. The molecule has 4 heteroatoms. The maximum absolute atomic E-state index is 5.83. The van der Waals surface area contributed by atoms with E-state index in [4.69, 9.17) is 11.5 Å². The van der Waals surface area contributed by atoms with E-state index in [0.717, 1.165) is 30.7 Å². The van der Waals surface area contributed by atoms with Gasteiger partial charge < -0.3 is 16.5 Å². The van der Waals surface area contributed by atoms with Crippen molar-refractivity contribution in [3.8, 4) is 0 Å². The lowest BCUT2D eigenvalue weighted by atomic mass is 9.95. The number of H-pyrrole nitrogens is 1. The lowest BCUT2D eigenvalue weighted by molar-refractivity contribution is 0.673. The summed E-state index contributed by atoms with van der Waals surface area (Å²) in [6, 6.07) is 6.59. The highest BCUT2D eigenvalue weighted by Gasteiger charge is 2.14. The molecule has 0 spiro atoms. The summed E-state index contributed by atoms with van der Waals surface area (Å²) in [6.45, 7) is 12.0. The summed E-state index contributed by atoms with van der Waals surface area (Å²) in [5, 5.41) is 1.34. The molecule has 0 aliphatic rings. The number of nitrogens with one attached hydrogen (secondary N) is 1. The van der Waals surface area contributed by atoms with Crippen molar-refractivity contribution in [1.29, 1.82) is 0 Å². The number of hydrogen-bond acceptors (Lipinski definition) is 3. The fraction of sp³-hybridized carbons (Fsp3) is 0.381. The summed E-state index contributed by atoms with van der Waals surface area (Å²) in [5.41, 5.74) is 18.3. The maximum atomic E-state index is 5.83. The van der Waals surface area contributed by atoms with Gasteiger partial charge in [-0.15, -0.1) is 0 Å². The topological polar surface area (TPSA) is 80.2 Å². The second kappa shape index (κ2) is 8.06. The molecule has 1 heterocycles. The largest absolute Gasteiger partial charge is 0.402 e. The van der Waals surface area contributed by atoms with Crippen molar-refractivity contribution in [2.24, 2.45) is 22.4 Å². The van der Waals surface area contributed by atoms with Crippen LogP contribution in [-0.4, -0.2) is 10.7 Å². The molecule has 0 aliphatic heterocycles. The van der Waals surface area contributed by atoms with E-state index in [0.29, 0.717) is 5.82 Å². The molecular formula is C21H30N4. The number of aromatic nitrogens is 1. The lowest BCUT2D eigenvalue weighted by Crippen LogP contribution is -2.13. The fourth-order valence-electron chi connectivity index (χ4n) is 3.23. The predicted molar refractivity (Wildman–Crippen MR) is 109 cm³/mol. The van der Waals surface area contributed by atoms with Crippen LogP contribution in [0.15, 0.2) is 47.4 Å². The van der Waals surface area contributed by atoms with Gasteiger partial charge in [-0.25, -0.2) is 4.99 Å². The van der Waals surface area contributed by atoms with E-state index in [1.165, 1.54) is 27.7 Å². The fourth-order valence-corrected chi connectivity index (χ4v) is 3.23. The highest BCUT2D eigenvalue weighted by atomic mass is 14.9. The molecule has 1 unspecified atom stereocenters. The Morgan fingerprint density at radius 3 is 2.68 bits per heavy atom. The van der Waals surface area contributed by atoms with E-state index in [2.05, 4.69) is 55.5 Å². The first-order valence-electron chi connectivity index (χ1n) is 8.88. The van der Waals surface area contributed by atoms with E-state index in [1.54, 1.807) is 0 Å². The highest BCUT2D eigenvalue weighted by Crippen LogP contribution is 2.26. The molecule has 0 saturated heterocycles. The molecule has 2 rings (SSSR count). The monoisotopic (exact) mass is 338 g/mol. The molecule has 0 saturated carbocycles. The van der Waals surface area contributed by atoms with Crippen LogP contribution in [0.1, 0.15) is 44.0 Å². The Morgan fingerprint density at radius 1 is 1.36 bits per heavy atom. The maximum Gasteiger partial charge on any atom is 0.116 e. The summed E-state index contributed by atoms with van der Waals surface area (Å²) < 4.78 is 0. The van der Waals surface area contributed by atoms with E-state index >= 15 is 0 Å². The molecular weight excluding hydrogens is 308 g/mol. The van der Waals surface area contributed by atoms with E-state index < -0.39 is 0 Å². The Balaban J connectivity index is 2.24. The quantitative estimate of drug-likeness (QED) is 0.656. The zero-order chi connectivity index (χ0) is 18.6. The number of nitrogens with two attached hydrogens (primary N) is 2. The number of aryl methyl sites for hydroxylation is 3. The first-order valence-corrected chi connectivity index (χ1v) is 8.88. The number of aromatic amines is 1. The van der Waals surface area contributed by atoms with Crippen LogP contribution in [0.25, 0.3) is 10.9 Å². The van der Waals surface area contributed by atoms with Crippen molar-refractivity contribution in [2.75, 3.05) is 0 Å². The SMILES string of the molecule is C=C(N)N=C(/C=C(\C)N)C(C)CCc1[nH]c2ccc(C)cc2c1CC. The van der Waals surface area contributed by atoms with Gasteiger partial charge in [-0.3, -0.25) is 0 Å². The molecule has 0 radical (unpaired) electrons. The van der Waals surface area contributed by atoms with Crippen molar-refractivity contribution < 1.29 is 0 Å². The summed E-state index contributed by atoms with van der Waals surface area (Å²) in [7, 11) is 0. The molecule has 0 amide bonds. The van der Waals surface area contributed by atoms with E-state index in [-0.39, 0.29) is 5.92 Å². The average Bonchev–Trinajstić information content (AvgIpc) is 2.87. The number of aliphatic imine (C=N–C) groups is 1. The van der Waals surface area contributed by atoms with Gasteiger partial charge in [0.1, 0.15) is 5.82 Å². The van der Waals surface area contributed by atoms with Crippen LogP contribution in [0.4, 0.5) is 0 Å². The molecule has 5 N–H and O–H groups in total. The van der Waals surface area contributed by atoms with Gasteiger partial charge in [0.2, 0.25) is 0 Å². The molecule has 0 fully saturated rings. The number of benzene rings is 1. The van der Waals surface area contributed by atoms with Gasteiger partial charge in [0, 0.05) is 28.0 Å².